The van der Waals surface area contributed by atoms with Crippen LogP contribution in [0.15, 0.2) is 4.99 Å². The predicted octanol–water partition coefficient (Wildman–Crippen LogP) is 0.628. The number of carbonyl (C=O) groups is 2. The van der Waals surface area contributed by atoms with E-state index in [0.717, 1.165) is 0 Å². The Morgan fingerprint density at radius 1 is 1.38 bits per heavy atom. The maximum Gasteiger partial charge on any atom is 0.408 e. The number of sulfone groups is 1. The molecule has 136 valence electrons. The van der Waals surface area contributed by atoms with Crippen molar-refractivity contribution in [3.63, 3.8) is 0 Å². The number of amides is 2. The Labute approximate surface area is 146 Å². The van der Waals surface area contributed by atoms with Crippen molar-refractivity contribution in [1.82, 2.24) is 10.2 Å². The molecule has 2 aliphatic rings. The highest BCUT2D eigenvalue weighted by Gasteiger charge is 2.48. The topological polar surface area (TPSA) is 105 Å². The minimum atomic E-state index is -3.02. The summed E-state index contributed by atoms with van der Waals surface area (Å²) < 4.78 is 28.5. The van der Waals surface area contributed by atoms with Crippen LogP contribution in [0.1, 0.15) is 27.7 Å². The summed E-state index contributed by atoms with van der Waals surface area (Å²) in [4.78, 5) is 29.4. The highest BCUT2D eigenvalue weighted by atomic mass is 32.2. The van der Waals surface area contributed by atoms with Crippen LogP contribution in [0.5, 0.6) is 0 Å². The van der Waals surface area contributed by atoms with Crippen LogP contribution in [0, 0.1) is 0 Å². The lowest BCUT2D eigenvalue weighted by Crippen LogP contribution is -2.38. The summed E-state index contributed by atoms with van der Waals surface area (Å²) in [5.74, 6) is -0.283. The Morgan fingerprint density at radius 3 is 2.62 bits per heavy atom. The van der Waals surface area contributed by atoms with Crippen molar-refractivity contribution in [2.45, 2.75) is 44.6 Å². The average molecular weight is 377 g/mol. The van der Waals surface area contributed by atoms with E-state index in [4.69, 9.17) is 4.74 Å². The molecule has 2 rings (SSSR count). The zero-order valence-corrected chi connectivity index (χ0v) is 15.9. The molecule has 8 nitrogen and oxygen atoms in total. The number of hydrogen-bond acceptors (Lipinski definition) is 6. The molecular formula is C14H23N3O5S2. The van der Waals surface area contributed by atoms with Gasteiger partial charge in [-0.3, -0.25) is 4.79 Å². The third-order valence-corrected chi connectivity index (χ3v) is 6.77. The maximum atomic E-state index is 12.0. The Balaban J connectivity index is 1.94. The minimum absolute atomic E-state index is 0.0830. The fourth-order valence-corrected chi connectivity index (χ4v) is 6.65. The second-order valence-corrected chi connectivity index (χ2v) is 10.1. The van der Waals surface area contributed by atoms with Gasteiger partial charge in [0.2, 0.25) is 0 Å². The van der Waals surface area contributed by atoms with Gasteiger partial charge in [-0.25, -0.2) is 13.2 Å². The van der Waals surface area contributed by atoms with E-state index in [0.29, 0.717) is 11.7 Å². The van der Waals surface area contributed by atoms with Crippen molar-refractivity contribution in [2.75, 3.05) is 24.6 Å². The zero-order valence-electron chi connectivity index (χ0n) is 14.2. The molecule has 0 spiro atoms. The summed E-state index contributed by atoms with van der Waals surface area (Å²) in [5, 5.41) is 2.81. The van der Waals surface area contributed by atoms with Crippen molar-refractivity contribution in [1.29, 1.82) is 0 Å². The van der Waals surface area contributed by atoms with Crippen LogP contribution in [-0.2, 0) is 19.4 Å². The van der Waals surface area contributed by atoms with Gasteiger partial charge in [0.15, 0.2) is 15.0 Å². The smallest absolute Gasteiger partial charge is 0.408 e. The lowest BCUT2D eigenvalue weighted by Gasteiger charge is -2.22. The van der Waals surface area contributed by atoms with Crippen molar-refractivity contribution in [3.8, 4) is 0 Å². The fraction of sp³-hybridized carbons (Fsp3) is 0.786. The number of thioether (sulfide) groups is 1. The van der Waals surface area contributed by atoms with Crippen LogP contribution in [-0.4, -0.2) is 72.0 Å². The molecule has 2 aliphatic heterocycles. The van der Waals surface area contributed by atoms with Gasteiger partial charge in [-0.15, -0.1) is 0 Å². The molecule has 0 unspecified atom stereocenters. The standard InChI is InChI=1S/C14H23N3O5S2/c1-5-17-9-7-24(20,21)8-10(9)23-12(17)16-11(18)6-15-13(19)22-14(2,3)4/h9-10H,5-8H2,1-4H3,(H,15,19)/t9-,10+/m1/s1. The molecule has 0 aromatic heterocycles. The quantitative estimate of drug-likeness (QED) is 0.769. The van der Waals surface area contributed by atoms with Crippen LogP contribution in [0.25, 0.3) is 0 Å². The van der Waals surface area contributed by atoms with E-state index < -0.39 is 27.4 Å². The van der Waals surface area contributed by atoms with E-state index in [1.165, 1.54) is 11.8 Å². The molecule has 0 aliphatic carbocycles. The van der Waals surface area contributed by atoms with Gasteiger partial charge in [-0.2, -0.15) is 4.99 Å². The fourth-order valence-electron chi connectivity index (χ4n) is 2.61. The predicted molar refractivity (Wildman–Crippen MR) is 92.9 cm³/mol. The molecule has 2 amide bonds. The number of rotatable bonds is 3. The number of aliphatic imine (C=N–C) groups is 1. The maximum absolute atomic E-state index is 12.0. The van der Waals surface area contributed by atoms with Crippen LogP contribution in [0.2, 0.25) is 0 Å². The molecule has 0 aromatic rings. The number of ether oxygens (including phenoxy) is 1. The van der Waals surface area contributed by atoms with Crippen molar-refractivity contribution in [2.24, 2.45) is 4.99 Å². The number of nitrogens with zero attached hydrogens (tertiary/aromatic N) is 2. The second kappa shape index (κ2) is 6.91. The molecule has 2 fully saturated rings. The SMILES string of the molecule is CCN1C(=NC(=O)CNC(=O)OC(C)(C)C)S[C@H]2CS(=O)(=O)C[C@H]21. The molecule has 0 saturated carbocycles. The van der Waals surface area contributed by atoms with Crippen LogP contribution >= 0.6 is 11.8 Å². The van der Waals surface area contributed by atoms with Gasteiger partial charge >= 0.3 is 6.09 Å². The molecule has 2 saturated heterocycles. The number of fused-ring (bicyclic) bond motifs is 1. The van der Waals surface area contributed by atoms with Crippen LogP contribution in [0.4, 0.5) is 4.79 Å². The molecule has 2 heterocycles. The first-order valence-electron chi connectivity index (χ1n) is 7.73. The van der Waals surface area contributed by atoms with Gasteiger partial charge in [-0.05, 0) is 27.7 Å². The highest BCUT2D eigenvalue weighted by molar-refractivity contribution is 8.15. The molecular weight excluding hydrogens is 354 g/mol. The molecule has 0 bridgehead atoms. The Morgan fingerprint density at radius 2 is 2.04 bits per heavy atom. The van der Waals surface area contributed by atoms with Crippen LogP contribution < -0.4 is 5.32 Å². The molecule has 1 N–H and O–H groups in total. The van der Waals surface area contributed by atoms with E-state index in [1.807, 2.05) is 11.8 Å². The average Bonchev–Trinajstić information content (AvgIpc) is 2.85. The summed E-state index contributed by atoms with van der Waals surface area (Å²) in [6.45, 7) is 7.41. The van der Waals surface area contributed by atoms with Crippen LogP contribution in [0.3, 0.4) is 0 Å². The zero-order chi connectivity index (χ0) is 18.1. The third-order valence-electron chi connectivity index (χ3n) is 3.52. The second-order valence-electron chi connectivity index (χ2n) is 6.73. The normalized spacial score (nSPS) is 27.2. The highest BCUT2D eigenvalue weighted by Crippen LogP contribution is 2.37. The van der Waals surface area contributed by atoms with Gasteiger partial charge < -0.3 is 15.0 Å². The summed E-state index contributed by atoms with van der Waals surface area (Å²) in [6, 6.07) is -0.129. The lowest BCUT2D eigenvalue weighted by molar-refractivity contribution is -0.117. The molecule has 0 aromatic carbocycles. The molecule has 0 radical (unpaired) electrons. The molecule has 24 heavy (non-hydrogen) atoms. The Bertz CT molecular complexity index is 654. The van der Waals surface area contributed by atoms with Gasteiger partial charge in [0.25, 0.3) is 5.91 Å². The summed E-state index contributed by atoms with van der Waals surface area (Å²) in [6.07, 6.45) is -0.676. The number of alkyl carbamates (subject to hydrolysis) is 1. The van der Waals surface area contributed by atoms with Crippen molar-refractivity contribution >= 4 is 38.8 Å². The lowest BCUT2D eigenvalue weighted by atomic mass is 10.2. The molecule has 2 atom stereocenters. The molecule has 10 heteroatoms. The Kier molecular flexibility index (Phi) is 5.48. The number of carbonyl (C=O) groups excluding carboxylic acids is 2. The first-order valence-corrected chi connectivity index (χ1v) is 10.4. The number of hydrogen-bond donors (Lipinski definition) is 1. The summed E-state index contributed by atoms with van der Waals surface area (Å²) in [5.41, 5.74) is -0.637. The van der Waals surface area contributed by atoms with Gasteiger partial charge in [-0.1, -0.05) is 11.8 Å². The summed E-state index contributed by atoms with van der Waals surface area (Å²) in [7, 11) is -3.02. The Hall–Kier alpha value is -1.29. The van der Waals surface area contributed by atoms with Crippen molar-refractivity contribution in [3.05, 3.63) is 0 Å². The summed E-state index contributed by atoms with van der Waals surface area (Å²) >= 11 is 1.32. The van der Waals surface area contributed by atoms with E-state index in [9.17, 15) is 18.0 Å². The largest absolute Gasteiger partial charge is 0.444 e. The monoisotopic (exact) mass is 377 g/mol. The van der Waals surface area contributed by atoms with Crippen molar-refractivity contribution < 1.29 is 22.7 Å². The van der Waals surface area contributed by atoms with Gasteiger partial charge in [0.1, 0.15) is 12.1 Å². The number of nitrogens with one attached hydrogen (secondary N) is 1. The van der Waals surface area contributed by atoms with E-state index >= 15 is 0 Å². The first-order chi connectivity index (χ1) is 11.0. The number of amidine groups is 1. The van der Waals surface area contributed by atoms with E-state index in [-0.39, 0.29) is 29.3 Å². The van der Waals surface area contributed by atoms with E-state index in [1.54, 1.807) is 20.8 Å². The minimum Gasteiger partial charge on any atom is -0.444 e. The van der Waals surface area contributed by atoms with Gasteiger partial charge in [0, 0.05) is 11.8 Å². The van der Waals surface area contributed by atoms with E-state index in [2.05, 4.69) is 10.3 Å². The third kappa shape index (κ3) is 4.85. The first kappa shape index (κ1) is 19.0. The van der Waals surface area contributed by atoms with Gasteiger partial charge in [0.05, 0.1) is 17.5 Å².